The number of hydrazine groups is 1. The summed E-state index contributed by atoms with van der Waals surface area (Å²) in [6.07, 6.45) is 0. The van der Waals surface area contributed by atoms with E-state index >= 15 is 0 Å². The predicted molar refractivity (Wildman–Crippen MR) is 85.3 cm³/mol. The summed E-state index contributed by atoms with van der Waals surface area (Å²) in [7, 11) is 0. The van der Waals surface area contributed by atoms with Crippen LogP contribution in [0.3, 0.4) is 0 Å². The van der Waals surface area contributed by atoms with Gasteiger partial charge in [-0.2, -0.15) is 0 Å². The third-order valence-corrected chi connectivity index (χ3v) is 3.03. The molecule has 0 radical (unpaired) electrons. The smallest absolute Gasteiger partial charge is 0.0759 e. The van der Waals surface area contributed by atoms with E-state index in [2.05, 4.69) is 36.7 Å². The third kappa shape index (κ3) is 4.74. The largest absolute Gasteiger partial charge is 0.398 e. The van der Waals surface area contributed by atoms with Crippen LogP contribution >= 0.6 is 15.9 Å². The highest BCUT2D eigenvalue weighted by molar-refractivity contribution is 9.10. The average molecular weight is 317 g/mol. The summed E-state index contributed by atoms with van der Waals surface area (Å²) in [4.78, 5) is 0. The van der Waals surface area contributed by atoms with E-state index in [4.69, 9.17) is 17.3 Å². The van der Waals surface area contributed by atoms with Crippen LogP contribution in [0.2, 0.25) is 0 Å². The van der Waals surface area contributed by atoms with E-state index in [9.17, 15) is 0 Å². The molecule has 0 saturated carbocycles. The summed E-state index contributed by atoms with van der Waals surface area (Å²) in [5.41, 5.74) is 13.8. The lowest BCUT2D eigenvalue weighted by Gasteiger charge is -2.28. The molecule has 0 bridgehead atoms. The monoisotopic (exact) mass is 316 g/mol. The molecule has 1 aromatic carbocycles. The van der Waals surface area contributed by atoms with Gasteiger partial charge in [0.2, 0.25) is 0 Å². The summed E-state index contributed by atoms with van der Waals surface area (Å²) < 4.78 is 0.703. The second kappa shape index (κ2) is 6.85. The topological polar surface area (TPSA) is 81.3 Å². The number of anilines is 3. The van der Waals surface area contributed by atoms with E-state index in [0.717, 1.165) is 5.69 Å². The second-order valence-electron chi connectivity index (χ2n) is 5.09. The Bertz CT molecular complexity index is 385. The summed E-state index contributed by atoms with van der Waals surface area (Å²) in [6, 6.07) is 3.62. The standard InChI is InChI=1S/C11H19BrN4.C2H6/c1-11(2,3)6-16(15)8-5-4-7(13)9(12)10(8)14;1-2/h4-5H,6,13-15H2,1-3H3;1-2H3. The first-order chi connectivity index (χ1) is 8.22. The molecule has 0 fully saturated rings. The lowest BCUT2D eigenvalue weighted by atomic mass is 9.96. The van der Waals surface area contributed by atoms with Gasteiger partial charge in [0, 0.05) is 12.2 Å². The SMILES string of the molecule is CC.CC(C)(C)CN(N)c1ccc(N)c(Br)c1N. The number of hydrogen-bond donors (Lipinski definition) is 3. The van der Waals surface area contributed by atoms with Crippen LogP contribution in [0.15, 0.2) is 16.6 Å². The lowest BCUT2D eigenvalue weighted by Crippen LogP contribution is -2.38. The lowest BCUT2D eigenvalue weighted by molar-refractivity contribution is 0.412. The van der Waals surface area contributed by atoms with Crippen molar-refractivity contribution >= 4 is 33.0 Å². The van der Waals surface area contributed by atoms with Gasteiger partial charge in [0.1, 0.15) is 0 Å². The molecule has 0 amide bonds. The Morgan fingerprint density at radius 3 is 2.11 bits per heavy atom. The molecule has 0 aromatic heterocycles. The number of nitrogens with two attached hydrogens (primary N) is 3. The maximum Gasteiger partial charge on any atom is 0.0759 e. The molecule has 5 heteroatoms. The molecule has 4 nitrogen and oxygen atoms in total. The highest BCUT2D eigenvalue weighted by atomic mass is 79.9. The van der Waals surface area contributed by atoms with Crippen molar-refractivity contribution in [1.29, 1.82) is 0 Å². The number of benzene rings is 1. The number of nitrogen functional groups attached to an aromatic ring is 2. The van der Waals surface area contributed by atoms with E-state index in [1.165, 1.54) is 0 Å². The van der Waals surface area contributed by atoms with Gasteiger partial charge >= 0.3 is 0 Å². The third-order valence-electron chi connectivity index (χ3n) is 2.14. The fourth-order valence-corrected chi connectivity index (χ4v) is 1.78. The van der Waals surface area contributed by atoms with Crippen LogP contribution in [0.1, 0.15) is 34.6 Å². The first-order valence-electron chi connectivity index (χ1n) is 6.08. The van der Waals surface area contributed by atoms with Crippen molar-refractivity contribution in [2.45, 2.75) is 34.6 Å². The Hall–Kier alpha value is -0.940. The molecule has 1 rings (SSSR count). The van der Waals surface area contributed by atoms with Crippen LogP contribution in [-0.4, -0.2) is 6.54 Å². The Labute approximate surface area is 119 Å². The Kier molecular flexibility index (Phi) is 6.49. The van der Waals surface area contributed by atoms with Gasteiger partial charge < -0.3 is 16.5 Å². The van der Waals surface area contributed by atoms with Crippen LogP contribution in [0.4, 0.5) is 17.1 Å². The van der Waals surface area contributed by atoms with Gasteiger partial charge in [-0.25, -0.2) is 5.84 Å². The number of rotatable bonds is 2. The van der Waals surface area contributed by atoms with Gasteiger partial charge in [-0.3, -0.25) is 0 Å². The van der Waals surface area contributed by atoms with Crippen molar-refractivity contribution in [1.82, 2.24) is 0 Å². The zero-order valence-corrected chi connectivity index (χ0v) is 13.5. The predicted octanol–water partition coefficient (Wildman–Crippen LogP) is 3.37. The van der Waals surface area contributed by atoms with Gasteiger partial charge in [-0.05, 0) is 33.5 Å². The molecule has 18 heavy (non-hydrogen) atoms. The number of hydrogen-bond acceptors (Lipinski definition) is 4. The Balaban J connectivity index is 0.00000137. The Morgan fingerprint density at radius 1 is 1.17 bits per heavy atom. The molecular formula is C13H25BrN4. The maximum absolute atomic E-state index is 5.99. The van der Waals surface area contributed by atoms with Crippen molar-refractivity contribution in [3.05, 3.63) is 16.6 Å². The van der Waals surface area contributed by atoms with E-state index in [1.807, 2.05) is 19.9 Å². The normalized spacial score (nSPS) is 10.6. The molecule has 0 aliphatic heterocycles. The van der Waals surface area contributed by atoms with Crippen molar-refractivity contribution in [2.75, 3.05) is 23.0 Å². The molecule has 104 valence electrons. The number of halogens is 1. The summed E-state index contributed by atoms with van der Waals surface area (Å²) in [5.74, 6) is 5.99. The molecule has 0 heterocycles. The minimum Gasteiger partial charge on any atom is -0.398 e. The summed E-state index contributed by atoms with van der Waals surface area (Å²) in [5, 5.41) is 1.65. The van der Waals surface area contributed by atoms with Gasteiger partial charge in [0.05, 0.1) is 15.8 Å². The maximum atomic E-state index is 5.99. The molecular weight excluding hydrogens is 292 g/mol. The fraction of sp³-hybridized carbons (Fsp3) is 0.538. The van der Waals surface area contributed by atoms with Crippen LogP contribution in [0, 0.1) is 5.41 Å². The van der Waals surface area contributed by atoms with Crippen molar-refractivity contribution in [3.8, 4) is 0 Å². The molecule has 6 N–H and O–H groups in total. The zero-order chi connectivity index (χ0) is 14.5. The van der Waals surface area contributed by atoms with Crippen LogP contribution in [-0.2, 0) is 0 Å². The van der Waals surface area contributed by atoms with Crippen LogP contribution < -0.4 is 22.3 Å². The van der Waals surface area contributed by atoms with Crippen LogP contribution in [0.5, 0.6) is 0 Å². The first-order valence-corrected chi connectivity index (χ1v) is 6.87. The van der Waals surface area contributed by atoms with E-state index in [0.29, 0.717) is 22.4 Å². The van der Waals surface area contributed by atoms with E-state index < -0.39 is 0 Å². The van der Waals surface area contributed by atoms with E-state index in [-0.39, 0.29) is 5.41 Å². The molecule has 0 unspecified atom stereocenters. The van der Waals surface area contributed by atoms with Crippen LogP contribution in [0.25, 0.3) is 0 Å². The zero-order valence-electron chi connectivity index (χ0n) is 11.9. The van der Waals surface area contributed by atoms with Gasteiger partial charge in [-0.15, -0.1) is 0 Å². The van der Waals surface area contributed by atoms with E-state index in [1.54, 1.807) is 11.1 Å². The molecule has 0 atom stereocenters. The van der Waals surface area contributed by atoms with Gasteiger partial charge in [-0.1, -0.05) is 34.6 Å². The van der Waals surface area contributed by atoms with Crippen molar-refractivity contribution in [3.63, 3.8) is 0 Å². The molecule has 0 spiro atoms. The van der Waals surface area contributed by atoms with Crippen molar-refractivity contribution < 1.29 is 0 Å². The molecule has 0 saturated heterocycles. The quantitative estimate of drug-likeness (QED) is 0.444. The highest BCUT2D eigenvalue weighted by Gasteiger charge is 2.17. The molecule has 1 aromatic rings. The Morgan fingerprint density at radius 2 is 1.67 bits per heavy atom. The molecule has 0 aliphatic rings. The number of nitrogens with zero attached hydrogens (tertiary/aromatic N) is 1. The molecule has 0 aliphatic carbocycles. The summed E-state index contributed by atoms with van der Waals surface area (Å²) >= 11 is 3.35. The van der Waals surface area contributed by atoms with Gasteiger partial charge in [0.15, 0.2) is 0 Å². The van der Waals surface area contributed by atoms with Crippen molar-refractivity contribution in [2.24, 2.45) is 11.3 Å². The summed E-state index contributed by atoms with van der Waals surface area (Å²) in [6.45, 7) is 11.1. The fourth-order valence-electron chi connectivity index (χ4n) is 1.45. The first kappa shape index (κ1) is 17.1. The minimum absolute atomic E-state index is 0.106. The minimum atomic E-state index is 0.106. The highest BCUT2D eigenvalue weighted by Crippen LogP contribution is 2.34. The average Bonchev–Trinajstić information content (AvgIpc) is 2.26. The van der Waals surface area contributed by atoms with Gasteiger partial charge in [0.25, 0.3) is 0 Å². The second-order valence-corrected chi connectivity index (χ2v) is 5.88.